The highest BCUT2D eigenvalue weighted by Gasteiger charge is 2.31. The average molecular weight is 260 g/mol. The molecule has 0 spiro atoms. The molecule has 2 nitrogen and oxygen atoms in total. The number of rotatable bonds is 3. The third-order valence-electron chi connectivity index (χ3n) is 3.65. The molecule has 0 aromatic carbocycles. The van der Waals surface area contributed by atoms with Gasteiger partial charge in [0, 0.05) is 0 Å². The fourth-order valence-corrected chi connectivity index (χ4v) is 3.74. The van der Waals surface area contributed by atoms with Gasteiger partial charge in [0.1, 0.15) is 15.4 Å². The van der Waals surface area contributed by atoms with Crippen LogP contribution in [-0.2, 0) is 0 Å². The zero-order valence-electron chi connectivity index (χ0n) is 9.53. The van der Waals surface area contributed by atoms with E-state index >= 15 is 0 Å². The van der Waals surface area contributed by atoms with Gasteiger partial charge in [-0.25, -0.2) is 4.98 Å². The van der Waals surface area contributed by atoms with Gasteiger partial charge in [0.05, 0.1) is 6.20 Å². The lowest BCUT2D eigenvalue weighted by molar-refractivity contribution is 0.0450. The lowest BCUT2D eigenvalue weighted by atomic mass is 9.75. The molecule has 1 aromatic rings. The molecule has 0 radical (unpaired) electrons. The molecule has 1 saturated carbocycles. The van der Waals surface area contributed by atoms with E-state index in [-0.39, 0.29) is 0 Å². The van der Waals surface area contributed by atoms with Crippen molar-refractivity contribution in [2.24, 2.45) is 11.8 Å². The molecule has 1 aliphatic carbocycles. The van der Waals surface area contributed by atoms with Crippen molar-refractivity contribution < 1.29 is 5.11 Å². The lowest BCUT2D eigenvalue weighted by Crippen LogP contribution is -2.25. The van der Waals surface area contributed by atoms with E-state index in [9.17, 15) is 5.11 Å². The molecule has 0 saturated heterocycles. The van der Waals surface area contributed by atoms with Crippen molar-refractivity contribution in [1.82, 2.24) is 4.98 Å². The van der Waals surface area contributed by atoms with Crippen LogP contribution in [0, 0.1) is 11.8 Å². The Balaban J connectivity index is 2.10. The van der Waals surface area contributed by atoms with Gasteiger partial charge in [-0.05, 0) is 18.3 Å². The van der Waals surface area contributed by atoms with Crippen LogP contribution in [0.25, 0.3) is 0 Å². The number of thiazole rings is 1. The monoisotopic (exact) mass is 259 g/mol. The standard InChI is InChI=1S/C12H18ClNOS/c1-2-8-5-3-4-6-9(8)11(15)12-14-7-10(13)16-12/h7-9,11,15H,2-6H2,1H3. The first-order chi connectivity index (χ1) is 7.72. The first-order valence-corrected chi connectivity index (χ1v) is 7.21. The van der Waals surface area contributed by atoms with Crippen molar-refractivity contribution in [1.29, 1.82) is 0 Å². The summed E-state index contributed by atoms with van der Waals surface area (Å²) in [6.07, 6.45) is 7.28. The van der Waals surface area contributed by atoms with Gasteiger partial charge < -0.3 is 5.11 Å². The topological polar surface area (TPSA) is 33.1 Å². The van der Waals surface area contributed by atoms with Crippen LogP contribution in [0.2, 0.25) is 4.34 Å². The molecule has 0 aliphatic heterocycles. The third-order valence-corrected chi connectivity index (χ3v) is 4.83. The fraction of sp³-hybridized carbons (Fsp3) is 0.750. The average Bonchev–Trinajstić information content (AvgIpc) is 2.75. The highest BCUT2D eigenvalue weighted by Crippen LogP contribution is 2.41. The molecule has 90 valence electrons. The van der Waals surface area contributed by atoms with Crippen LogP contribution in [0.15, 0.2) is 6.20 Å². The summed E-state index contributed by atoms with van der Waals surface area (Å²) in [7, 11) is 0. The molecular weight excluding hydrogens is 242 g/mol. The van der Waals surface area contributed by atoms with E-state index in [1.165, 1.54) is 30.6 Å². The molecule has 3 unspecified atom stereocenters. The van der Waals surface area contributed by atoms with E-state index in [0.29, 0.717) is 16.2 Å². The number of halogens is 1. The predicted octanol–water partition coefficient (Wildman–Crippen LogP) is 4.05. The van der Waals surface area contributed by atoms with E-state index in [0.717, 1.165) is 17.8 Å². The van der Waals surface area contributed by atoms with Gasteiger partial charge in [0.2, 0.25) is 0 Å². The highest BCUT2D eigenvalue weighted by atomic mass is 35.5. The van der Waals surface area contributed by atoms with E-state index in [1.54, 1.807) is 6.20 Å². The molecule has 0 amide bonds. The SMILES string of the molecule is CCC1CCCCC1C(O)c1ncc(Cl)s1. The second-order valence-electron chi connectivity index (χ2n) is 4.56. The van der Waals surface area contributed by atoms with Gasteiger partial charge in [-0.1, -0.05) is 44.2 Å². The maximum Gasteiger partial charge on any atom is 0.123 e. The van der Waals surface area contributed by atoms with E-state index in [2.05, 4.69) is 11.9 Å². The number of nitrogens with zero attached hydrogens (tertiary/aromatic N) is 1. The van der Waals surface area contributed by atoms with Gasteiger partial charge in [-0.15, -0.1) is 11.3 Å². The largest absolute Gasteiger partial charge is 0.386 e. The Morgan fingerprint density at radius 2 is 2.31 bits per heavy atom. The van der Waals surface area contributed by atoms with Crippen molar-refractivity contribution in [2.45, 2.75) is 45.1 Å². The van der Waals surface area contributed by atoms with Gasteiger partial charge >= 0.3 is 0 Å². The number of aromatic nitrogens is 1. The molecule has 4 heteroatoms. The van der Waals surface area contributed by atoms with E-state index < -0.39 is 6.10 Å². The zero-order valence-corrected chi connectivity index (χ0v) is 11.1. The Hall–Kier alpha value is -0.120. The summed E-state index contributed by atoms with van der Waals surface area (Å²) < 4.78 is 0.665. The van der Waals surface area contributed by atoms with E-state index in [1.807, 2.05) is 0 Å². The van der Waals surface area contributed by atoms with Crippen molar-refractivity contribution in [3.05, 3.63) is 15.5 Å². The summed E-state index contributed by atoms with van der Waals surface area (Å²) in [4.78, 5) is 4.20. The molecule has 1 aromatic heterocycles. The Labute approximate surface area is 106 Å². The van der Waals surface area contributed by atoms with Crippen LogP contribution in [0.5, 0.6) is 0 Å². The van der Waals surface area contributed by atoms with Crippen molar-refractivity contribution in [3.8, 4) is 0 Å². The molecular formula is C12H18ClNOS. The third kappa shape index (κ3) is 2.58. The van der Waals surface area contributed by atoms with Crippen LogP contribution in [0.4, 0.5) is 0 Å². The maximum absolute atomic E-state index is 10.3. The van der Waals surface area contributed by atoms with Crippen molar-refractivity contribution in [2.75, 3.05) is 0 Å². The predicted molar refractivity (Wildman–Crippen MR) is 67.8 cm³/mol. The first-order valence-electron chi connectivity index (χ1n) is 6.01. The Morgan fingerprint density at radius 3 is 2.94 bits per heavy atom. The van der Waals surface area contributed by atoms with E-state index in [4.69, 9.17) is 11.6 Å². The number of hydrogen-bond acceptors (Lipinski definition) is 3. The number of aliphatic hydroxyl groups is 1. The Kier molecular flexibility index (Phi) is 4.22. The molecule has 2 rings (SSSR count). The van der Waals surface area contributed by atoms with Crippen LogP contribution < -0.4 is 0 Å². The first kappa shape index (κ1) is 12.3. The molecule has 3 atom stereocenters. The molecule has 1 N–H and O–H groups in total. The van der Waals surface area contributed by atoms with Gasteiger partial charge in [-0.3, -0.25) is 0 Å². The highest BCUT2D eigenvalue weighted by molar-refractivity contribution is 7.15. The quantitative estimate of drug-likeness (QED) is 0.889. The minimum absolute atomic E-state index is 0.376. The number of aliphatic hydroxyl groups excluding tert-OH is 1. The lowest BCUT2D eigenvalue weighted by Gasteiger charge is -2.33. The summed E-state index contributed by atoms with van der Waals surface area (Å²) in [5.41, 5.74) is 0. The minimum atomic E-state index is -0.414. The Bertz CT molecular complexity index is 342. The fourth-order valence-electron chi connectivity index (χ4n) is 2.75. The second kappa shape index (κ2) is 5.48. The van der Waals surface area contributed by atoms with Crippen molar-refractivity contribution in [3.63, 3.8) is 0 Å². The molecule has 1 heterocycles. The van der Waals surface area contributed by atoms with Crippen LogP contribution in [0.1, 0.15) is 50.1 Å². The minimum Gasteiger partial charge on any atom is -0.386 e. The summed E-state index contributed by atoms with van der Waals surface area (Å²) in [5.74, 6) is 1.02. The summed E-state index contributed by atoms with van der Waals surface area (Å²) in [6, 6.07) is 0. The molecule has 1 fully saturated rings. The van der Waals surface area contributed by atoms with Crippen LogP contribution in [-0.4, -0.2) is 10.1 Å². The van der Waals surface area contributed by atoms with Crippen LogP contribution in [0.3, 0.4) is 0 Å². The van der Waals surface area contributed by atoms with Gasteiger partial charge in [-0.2, -0.15) is 0 Å². The summed E-state index contributed by atoms with van der Waals surface area (Å²) in [5, 5.41) is 11.1. The molecule has 16 heavy (non-hydrogen) atoms. The smallest absolute Gasteiger partial charge is 0.123 e. The molecule has 1 aliphatic rings. The summed E-state index contributed by atoms with van der Waals surface area (Å²) >= 11 is 7.26. The number of hydrogen-bond donors (Lipinski definition) is 1. The zero-order chi connectivity index (χ0) is 11.5. The normalized spacial score (nSPS) is 27.9. The Morgan fingerprint density at radius 1 is 1.56 bits per heavy atom. The second-order valence-corrected chi connectivity index (χ2v) is 6.26. The summed E-state index contributed by atoms with van der Waals surface area (Å²) in [6.45, 7) is 2.21. The van der Waals surface area contributed by atoms with Gasteiger partial charge in [0.15, 0.2) is 0 Å². The maximum atomic E-state index is 10.3. The van der Waals surface area contributed by atoms with Crippen LogP contribution >= 0.6 is 22.9 Å². The van der Waals surface area contributed by atoms with Crippen molar-refractivity contribution >= 4 is 22.9 Å². The molecule has 0 bridgehead atoms. The van der Waals surface area contributed by atoms with Gasteiger partial charge in [0.25, 0.3) is 0 Å².